The average Bonchev–Trinajstić information content (AvgIpc) is 2.98. The lowest BCUT2D eigenvalue weighted by Gasteiger charge is -2.06. The molecule has 5 heteroatoms. The first-order valence-corrected chi connectivity index (χ1v) is 7.50. The minimum atomic E-state index is 0.811. The van der Waals surface area contributed by atoms with Crippen molar-refractivity contribution in [2.24, 2.45) is 0 Å². The maximum atomic E-state index is 4.80. The van der Waals surface area contributed by atoms with Crippen LogP contribution in [0.25, 0.3) is 0 Å². The maximum Gasteiger partial charge on any atom is 0.0629 e. The summed E-state index contributed by atoms with van der Waals surface area (Å²) in [6.07, 6.45) is 1.62. The molecule has 0 unspecified atom stereocenters. The number of nitrogens with one attached hydrogen (secondary N) is 2. The molecule has 3 rings (SSSR count). The molecule has 0 aliphatic carbocycles. The minimum absolute atomic E-state index is 0.811. The van der Waals surface area contributed by atoms with Crippen LogP contribution in [-0.2, 0) is 12.8 Å². The highest BCUT2D eigenvalue weighted by atomic mass is 15.1. The molecule has 0 radical (unpaired) electrons. The molecule has 3 aromatic heterocycles. The van der Waals surface area contributed by atoms with E-state index in [1.54, 1.807) is 0 Å². The zero-order chi connectivity index (χ0) is 15.7. The Hall–Kier alpha value is -2.43. The molecule has 0 aliphatic rings. The Morgan fingerprint density at radius 1 is 0.773 bits per heavy atom. The average molecular weight is 295 g/mol. The van der Waals surface area contributed by atoms with Gasteiger partial charge in [0.1, 0.15) is 0 Å². The lowest BCUT2D eigenvalue weighted by molar-refractivity contribution is 0.972. The van der Waals surface area contributed by atoms with Gasteiger partial charge in [-0.2, -0.15) is 10.2 Å². The Bertz CT molecular complexity index is 695. The molecular weight excluding hydrogens is 274 g/mol. The van der Waals surface area contributed by atoms with E-state index >= 15 is 0 Å². The Labute approximate surface area is 130 Å². The van der Waals surface area contributed by atoms with Crippen LogP contribution in [0.4, 0.5) is 0 Å². The fourth-order valence-corrected chi connectivity index (χ4v) is 2.76. The second-order valence-corrected chi connectivity index (χ2v) is 5.80. The molecule has 0 fully saturated rings. The summed E-state index contributed by atoms with van der Waals surface area (Å²) in [4.78, 5) is 4.80. The maximum absolute atomic E-state index is 4.80. The lowest BCUT2D eigenvalue weighted by atomic mass is 10.1. The summed E-state index contributed by atoms with van der Waals surface area (Å²) in [5.74, 6) is 0. The van der Waals surface area contributed by atoms with Crippen molar-refractivity contribution >= 4 is 0 Å². The van der Waals surface area contributed by atoms with Crippen LogP contribution >= 0.6 is 0 Å². The number of aromatic nitrogens is 5. The Morgan fingerprint density at radius 2 is 1.23 bits per heavy atom. The van der Waals surface area contributed by atoms with Gasteiger partial charge in [-0.25, -0.2) is 0 Å². The quantitative estimate of drug-likeness (QED) is 0.777. The van der Waals surface area contributed by atoms with Gasteiger partial charge >= 0.3 is 0 Å². The monoisotopic (exact) mass is 295 g/mol. The lowest BCUT2D eigenvalue weighted by Crippen LogP contribution is -2.00. The molecule has 0 amide bonds. The summed E-state index contributed by atoms with van der Waals surface area (Å²) >= 11 is 0. The van der Waals surface area contributed by atoms with Crippen molar-refractivity contribution in [3.63, 3.8) is 0 Å². The molecule has 0 bridgehead atoms. The van der Waals surface area contributed by atoms with Crippen molar-refractivity contribution in [3.8, 4) is 0 Å². The normalized spacial score (nSPS) is 11.1. The third kappa shape index (κ3) is 2.79. The standard InChI is InChI=1S/C17H21N5/c1-10-16(11(2)20-19-10)8-14-6-5-7-15(18-14)9-17-12(3)21-22-13(17)4/h5-7H,8-9H2,1-4H3,(H,19,20)(H,21,22). The molecule has 0 saturated carbocycles. The van der Waals surface area contributed by atoms with Crippen molar-refractivity contribution < 1.29 is 0 Å². The van der Waals surface area contributed by atoms with Gasteiger partial charge in [0.15, 0.2) is 0 Å². The van der Waals surface area contributed by atoms with Crippen LogP contribution in [0.1, 0.15) is 45.3 Å². The van der Waals surface area contributed by atoms with Crippen LogP contribution < -0.4 is 0 Å². The number of rotatable bonds is 4. The molecule has 0 atom stereocenters. The summed E-state index contributed by atoms with van der Waals surface area (Å²) < 4.78 is 0. The molecule has 3 aromatic rings. The number of H-pyrrole nitrogens is 2. The SMILES string of the molecule is Cc1n[nH]c(C)c1Cc1cccc(Cc2c(C)n[nH]c2C)n1. The zero-order valence-electron chi connectivity index (χ0n) is 13.5. The number of hydrogen-bond donors (Lipinski definition) is 2. The first kappa shape index (κ1) is 14.5. The fourth-order valence-electron chi connectivity index (χ4n) is 2.76. The second kappa shape index (κ2) is 5.75. The third-order valence-corrected chi connectivity index (χ3v) is 4.14. The second-order valence-electron chi connectivity index (χ2n) is 5.80. The number of pyridine rings is 1. The predicted octanol–water partition coefficient (Wildman–Crippen LogP) is 2.94. The van der Waals surface area contributed by atoms with Gasteiger partial charge in [0.2, 0.25) is 0 Å². The van der Waals surface area contributed by atoms with E-state index in [1.165, 1.54) is 11.1 Å². The Morgan fingerprint density at radius 3 is 1.59 bits per heavy atom. The van der Waals surface area contributed by atoms with E-state index in [9.17, 15) is 0 Å². The molecule has 0 aromatic carbocycles. The third-order valence-electron chi connectivity index (χ3n) is 4.14. The summed E-state index contributed by atoms with van der Waals surface area (Å²) in [5.41, 5.74) is 8.95. The highest BCUT2D eigenvalue weighted by molar-refractivity contribution is 5.31. The van der Waals surface area contributed by atoms with Crippen molar-refractivity contribution in [2.45, 2.75) is 40.5 Å². The molecule has 114 valence electrons. The molecular formula is C17H21N5. The molecule has 2 N–H and O–H groups in total. The number of nitrogens with zero attached hydrogens (tertiary/aromatic N) is 3. The molecule has 0 aliphatic heterocycles. The number of hydrogen-bond acceptors (Lipinski definition) is 3. The highest BCUT2D eigenvalue weighted by Gasteiger charge is 2.11. The predicted molar refractivity (Wildman–Crippen MR) is 86.0 cm³/mol. The van der Waals surface area contributed by atoms with Gasteiger partial charge in [-0.3, -0.25) is 15.2 Å². The molecule has 0 spiro atoms. The molecule has 5 nitrogen and oxygen atoms in total. The van der Waals surface area contributed by atoms with Crippen LogP contribution in [0.2, 0.25) is 0 Å². The van der Waals surface area contributed by atoms with Crippen LogP contribution in [-0.4, -0.2) is 25.4 Å². The van der Waals surface area contributed by atoms with E-state index in [2.05, 4.69) is 52.4 Å². The topological polar surface area (TPSA) is 70.2 Å². The first-order valence-electron chi connectivity index (χ1n) is 7.50. The molecule has 22 heavy (non-hydrogen) atoms. The molecule has 0 saturated heterocycles. The van der Waals surface area contributed by atoms with Crippen molar-refractivity contribution in [2.75, 3.05) is 0 Å². The Balaban J connectivity index is 1.84. The van der Waals surface area contributed by atoms with Gasteiger partial charge < -0.3 is 0 Å². The van der Waals surface area contributed by atoms with Crippen LogP contribution in [0.3, 0.4) is 0 Å². The van der Waals surface area contributed by atoms with Crippen LogP contribution in [0.15, 0.2) is 18.2 Å². The first-order chi connectivity index (χ1) is 10.5. The van der Waals surface area contributed by atoms with Crippen molar-refractivity contribution in [3.05, 3.63) is 63.5 Å². The minimum Gasteiger partial charge on any atom is -0.282 e. The number of aromatic amines is 2. The van der Waals surface area contributed by atoms with Crippen molar-refractivity contribution in [1.29, 1.82) is 0 Å². The van der Waals surface area contributed by atoms with Gasteiger partial charge in [0.05, 0.1) is 11.4 Å². The zero-order valence-corrected chi connectivity index (χ0v) is 13.5. The summed E-state index contributed by atoms with van der Waals surface area (Å²) in [5, 5.41) is 14.6. The van der Waals surface area contributed by atoms with Gasteiger partial charge in [-0.15, -0.1) is 0 Å². The Kier molecular flexibility index (Phi) is 3.79. The summed E-state index contributed by atoms with van der Waals surface area (Å²) in [7, 11) is 0. The van der Waals surface area contributed by atoms with E-state index in [0.717, 1.165) is 47.0 Å². The summed E-state index contributed by atoms with van der Waals surface area (Å²) in [6, 6.07) is 6.22. The number of aryl methyl sites for hydroxylation is 4. The van der Waals surface area contributed by atoms with Crippen molar-refractivity contribution in [1.82, 2.24) is 25.4 Å². The van der Waals surface area contributed by atoms with E-state index in [0.29, 0.717) is 0 Å². The highest BCUT2D eigenvalue weighted by Crippen LogP contribution is 2.17. The van der Waals surface area contributed by atoms with E-state index in [1.807, 2.05) is 13.8 Å². The molecule has 3 heterocycles. The van der Waals surface area contributed by atoms with Gasteiger partial charge in [-0.1, -0.05) is 6.07 Å². The van der Waals surface area contributed by atoms with Gasteiger partial charge in [0, 0.05) is 46.7 Å². The van der Waals surface area contributed by atoms with Crippen LogP contribution in [0, 0.1) is 27.7 Å². The van der Waals surface area contributed by atoms with E-state index in [4.69, 9.17) is 4.98 Å². The van der Waals surface area contributed by atoms with E-state index in [-0.39, 0.29) is 0 Å². The summed E-state index contributed by atoms with van der Waals surface area (Å²) in [6.45, 7) is 8.16. The van der Waals surface area contributed by atoms with Gasteiger partial charge in [-0.05, 0) is 39.8 Å². The smallest absolute Gasteiger partial charge is 0.0629 e. The van der Waals surface area contributed by atoms with E-state index < -0.39 is 0 Å². The van der Waals surface area contributed by atoms with Crippen LogP contribution in [0.5, 0.6) is 0 Å². The van der Waals surface area contributed by atoms with Gasteiger partial charge in [0.25, 0.3) is 0 Å². The fraction of sp³-hybridized carbons (Fsp3) is 0.353. The largest absolute Gasteiger partial charge is 0.282 e.